The number of fused-ring (bicyclic) bond motifs is 1. The van der Waals surface area contributed by atoms with Crippen LogP contribution in [0.15, 0.2) is 18.2 Å². The quantitative estimate of drug-likeness (QED) is 0.924. The molecule has 4 nitrogen and oxygen atoms in total. The Labute approximate surface area is 139 Å². The van der Waals surface area contributed by atoms with Crippen LogP contribution in [0.3, 0.4) is 0 Å². The fraction of sp³-hybridized carbons (Fsp3) is 0.647. The summed E-state index contributed by atoms with van der Waals surface area (Å²) in [6.07, 6.45) is 3.85. The minimum atomic E-state index is 0. The molecule has 0 radical (unpaired) electrons. The third kappa shape index (κ3) is 3.50. The zero-order valence-corrected chi connectivity index (χ0v) is 14.3. The minimum Gasteiger partial charge on any atom is -0.493 e. The Hall–Kier alpha value is -0.970. The fourth-order valence-electron chi connectivity index (χ4n) is 3.98. The number of halogens is 1. The number of nitrogens with zero attached hydrogens (tertiary/aromatic N) is 1. The van der Waals surface area contributed by atoms with Gasteiger partial charge < -0.3 is 15.2 Å². The molecule has 124 valence electrons. The van der Waals surface area contributed by atoms with E-state index in [9.17, 15) is 0 Å². The van der Waals surface area contributed by atoms with Gasteiger partial charge in [-0.3, -0.25) is 4.90 Å². The first-order valence-corrected chi connectivity index (χ1v) is 7.90. The lowest BCUT2D eigenvalue weighted by atomic mass is 9.78. The number of hydrogen-bond donors (Lipinski definition) is 1. The van der Waals surface area contributed by atoms with Gasteiger partial charge in [0.05, 0.1) is 14.2 Å². The van der Waals surface area contributed by atoms with Crippen LogP contribution in [0.1, 0.15) is 24.8 Å². The van der Waals surface area contributed by atoms with E-state index in [1.807, 2.05) is 6.07 Å². The minimum absolute atomic E-state index is 0. The van der Waals surface area contributed by atoms with E-state index in [0.29, 0.717) is 12.0 Å². The van der Waals surface area contributed by atoms with Gasteiger partial charge in [0.15, 0.2) is 11.5 Å². The molecule has 3 unspecified atom stereocenters. The topological polar surface area (TPSA) is 47.7 Å². The molecule has 1 saturated carbocycles. The van der Waals surface area contributed by atoms with E-state index in [1.54, 1.807) is 14.2 Å². The van der Waals surface area contributed by atoms with Crippen LogP contribution in [0.2, 0.25) is 0 Å². The number of nitrogens with two attached hydrogens (primary N) is 1. The maximum absolute atomic E-state index is 6.30. The van der Waals surface area contributed by atoms with Crippen LogP contribution in [-0.2, 0) is 6.54 Å². The van der Waals surface area contributed by atoms with Crippen molar-refractivity contribution in [2.75, 3.05) is 27.3 Å². The number of benzene rings is 1. The molecule has 0 bridgehead atoms. The van der Waals surface area contributed by atoms with Crippen molar-refractivity contribution >= 4 is 12.4 Å². The normalized spacial score (nSPS) is 27.9. The van der Waals surface area contributed by atoms with Crippen molar-refractivity contribution in [3.05, 3.63) is 23.8 Å². The van der Waals surface area contributed by atoms with Crippen LogP contribution >= 0.6 is 12.4 Å². The molecule has 1 aliphatic heterocycles. The summed E-state index contributed by atoms with van der Waals surface area (Å²) < 4.78 is 10.7. The van der Waals surface area contributed by atoms with E-state index >= 15 is 0 Å². The van der Waals surface area contributed by atoms with Gasteiger partial charge in [-0.15, -0.1) is 12.4 Å². The second-order valence-corrected chi connectivity index (χ2v) is 6.40. The first-order chi connectivity index (χ1) is 10.2. The summed E-state index contributed by atoms with van der Waals surface area (Å²) in [4.78, 5) is 2.54. The Morgan fingerprint density at radius 1 is 1.14 bits per heavy atom. The molecule has 1 saturated heterocycles. The molecule has 2 fully saturated rings. The van der Waals surface area contributed by atoms with E-state index in [2.05, 4.69) is 17.0 Å². The molecule has 5 heteroatoms. The van der Waals surface area contributed by atoms with Crippen LogP contribution in [0.4, 0.5) is 0 Å². The van der Waals surface area contributed by atoms with Crippen molar-refractivity contribution in [3.8, 4) is 11.5 Å². The van der Waals surface area contributed by atoms with Crippen LogP contribution in [0.5, 0.6) is 11.5 Å². The lowest BCUT2D eigenvalue weighted by Gasteiger charge is -2.29. The molecule has 2 N–H and O–H groups in total. The molecular weight excluding hydrogens is 300 g/mol. The van der Waals surface area contributed by atoms with Crippen molar-refractivity contribution in [1.29, 1.82) is 0 Å². The molecule has 2 aliphatic rings. The van der Waals surface area contributed by atoms with Crippen LogP contribution in [-0.4, -0.2) is 38.3 Å². The molecule has 3 atom stereocenters. The van der Waals surface area contributed by atoms with Gasteiger partial charge in [0, 0.05) is 25.7 Å². The van der Waals surface area contributed by atoms with Crippen molar-refractivity contribution in [2.45, 2.75) is 31.8 Å². The zero-order chi connectivity index (χ0) is 14.8. The maximum atomic E-state index is 6.30. The van der Waals surface area contributed by atoms with Crippen LogP contribution < -0.4 is 15.2 Å². The van der Waals surface area contributed by atoms with Gasteiger partial charge in [-0.25, -0.2) is 0 Å². The summed E-state index contributed by atoms with van der Waals surface area (Å²) in [6.45, 7) is 3.30. The molecule has 22 heavy (non-hydrogen) atoms. The molecule has 1 aromatic carbocycles. The lowest BCUT2D eigenvalue weighted by Crippen LogP contribution is -2.38. The molecule has 0 spiro atoms. The third-order valence-corrected chi connectivity index (χ3v) is 5.08. The van der Waals surface area contributed by atoms with Gasteiger partial charge in [-0.05, 0) is 42.4 Å². The number of rotatable bonds is 4. The van der Waals surface area contributed by atoms with Gasteiger partial charge in [0.25, 0.3) is 0 Å². The van der Waals surface area contributed by atoms with Crippen LogP contribution in [0, 0.1) is 11.8 Å². The Morgan fingerprint density at radius 3 is 2.59 bits per heavy atom. The predicted molar refractivity (Wildman–Crippen MR) is 90.9 cm³/mol. The number of ether oxygens (including phenoxy) is 2. The van der Waals surface area contributed by atoms with Gasteiger partial charge in [-0.2, -0.15) is 0 Å². The Balaban J connectivity index is 0.00000176. The first kappa shape index (κ1) is 17.4. The number of likely N-dealkylation sites (tertiary alicyclic amines) is 1. The van der Waals surface area contributed by atoms with E-state index in [-0.39, 0.29) is 12.4 Å². The highest BCUT2D eigenvalue weighted by molar-refractivity contribution is 5.85. The van der Waals surface area contributed by atoms with Gasteiger partial charge in [-0.1, -0.05) is 12.5 Å². The third-order valence-electron chi connectivity index (χ3n) is 5.08. The number of hydrogen-bond acceptors (Lipinski definition) is 4. The van der Waals surface area contributed by atoms with Gasteiger partial charge in [0.2, 0.25) is 0 Å². The van der Waals surface area contributed by atoms with Gasteiger partial charge in [0.1, 0.15) is 0 Å². The first-order valence-electron chi connectivity index (χ1n) is 7.90. The van der Waals surface area contributed by atoms with Crippen LogP contribution in [0.25, 0.3) is 0 Å². The second kappa shape index (κ2) is 7.53. The van der Waals surface area contributed by atoms with Crippen molar-refractivity contribution in [1.82, 2.24) is 4.90 Å². The summed E-state index contributed by atoms with van der Waals surface area (Å²) in [5, 5.41) is 0. The molecular formula is C17H27ClN2O2. The number of methoxy groups -OCH3 is 2. The smallest absolute Gasteiger partial charge is 0.161 e. The SMILES string of the molecule is COc1ccc(CN2CC3CCCC(N)C3C2)cc1OC.Cl. The highest BCUT2D eigenvalue weighted by Crippen LogP contribution is 2.36. The average Bonchev–Trinajstić information content (AvgIpc) is 2.91. The molecule has 0 amide bonds. The Kier molecular flexibility index (Phi) is 5.95. The average molecular weight is 327 g/mol. The largest absolute Gasteiger partial charge is 0.493 e. The van der Waals surface area contributed by atoms with E-state index in [1.165, 1.54) is 31.4 Å². The predicted octanol–water partition coefficient (Wildman–Crippen LogP) is 2.68. The second-order valence-electron chi connectivity index (χ2n) is 6.40. The summed E-state index contributed by atoms with van der Waals surface area (Å²) in [6, 6.07) is 6.60. The van der Waals surface area contributed by atoms with Crippen molar-refractivity contribution < 1.29 is 9.47 Å². The highest BCUT2D eigenvalue weighted by atomic mass is 35.5. The summed E-state index contributed by atoms with van der Waals surface area (Å²) in [5.41, 5.74) is 7.57. The standard InChI is InChI=1S/C17H26N2O2.ClH/c1-20-16-7-6-12(8-17(16)21-2)9-19-10-13-4-3-5-15(18)14(13)11-19;/h6-8,13-15H,3-5,9-11,18H2,1-2H3;1H. The van der Waals surface area contributed by atoms with Gasteiger partial charge >= 0.3 is 0 Å². The van der Waals surface area contributed by atoms with E-state index in [0.717, 1.165) is 30.5 Å². The van der Waals surface area contributed by atoms with Crippen molar-refractivity contribution in [3.63, 3.8) is 0 Å². The lowest BCUT2D eigenvalue weighted by molar-refractivity contribution is 0.259. The zero-order valence-electron chi connectivity index (χ0n) is 13.5. The molecule has 3 rings (SSSR count). The summed E-state index contributed by atoms with van der Waals surface area (Å²) in [7, 11) is 3.36. The Bertz CT molecular complexity index is 498. The van der Waals surface area contributed by atoms with E-state index < -0.39 is 0 Å². The van der Waals surface area contributed by atoms with E-state index in [4.69, 9.17) is 15.2 Å². The molecule has 1 aromatic rings. The highest BCUT2D eigenvalue weighted by Gasteiger charge is 2.38. The van der Waals surface area contributed by atoms with Crippen molar-refractivity contribution in [2.24, 2.45) is 17.6 Å². The maximum Gasteiger partial charge on any atom is 0.161 e. The fourth-order valence-corrected chi connectivity index (χ4v) is 3.98. The summed E-state index contributed by atoms with van der Waals surface area (Å²) in [5.74, 6) is 3.09. The molecule has 1 heterocycles. The molecule has 0 aromatic heterocycles. The molecule has 1 aliphatic carbocycles. The monoisotopic (exact) mass is 326 g/mol. The summed E-state index contributed by atoms with van der Waals surface area (Å²) >= 11 is 0. The Morgan fingerprint density at radius 2 is 1.91 bits per heavy atom.